The average Bonchev–Trinajstić information content (AvgIpc) is 2.85. The molecule has 0 spiro atoms. The Morgan fingerprint density at radius 1 is 1.00 bits per heavy atom. The van der Waals surface area contributed by atoms with Crippen LogP contribution >= 0.6 is 0 Å². The van der Waals surface area contributed by atoms with Gasteiger partial charge >= 0.3 is 0 Å². The minimum absolute atomic E-state index is 0.469. The molecule has 6 atom stereocenters. The zero-order valence-electron chi connectivity index (χ0n) is 23.0. The first-order chi connectivity index (χ1) is 17.0. The van der Waals surface area contributed by atoms with E-state index in [0.717, 1.165) is 43.7 Å². The number of fused-ring (bicyclic) bond motifs is 2. The van der Waals surface area contributed by atoms with Crippen LogP contribution in [-0.4, -0.2) is 55.4 Å². The van der Waals surface area contributed by atoms with E-state index in [1.165, 1.54) is 42.5 Å². The number of allylic oxidation sites excluding steroid dienone is 2. The van der Waals surface area contributed by atoms with Crippen molar-refractivity contribution < 1.29 is 9.47 Å². The van der Waals surface area contributed by atoms with Crippen LogP contribution in [0, 0.1) is 11.8 Å². The predicted octanol–water partition coefficient (Wildman–Crippen LogP) is 6.95. The lowest BCUT2D eigenvalue weighted by atomic mass is 9.69. The molecule has 4 nitrogen and oxygen atoms in total. The average molecular weight is 481 g/mol. The molecule has 194 valence electrons. The maximum absolute atomic E-state index is 6.03. The maximum Gasteiger partial charge on any atom is 0.120 e. The molecule has 4 heteroatoms. The number of rotatable bonds is 8. The predicted molar refractivity (Wildman–Crippen MR) is 148 cm³/mol. The zero-order valence-corrected chi connectivity index (χ0v) is 23.0. The largest absolute Gasteiger partial charge is 0.494 e. The standard InChI is InChI=1S/C31H48N2O2/c1-7-32-23(6)19-24(29-21-27(35-10-4)15-17-31(29)32)12-11-13-25-18-22(5)28-20-26(34-9-3)14-16-30(28)33(25)8-2/h11-13,15,17,21-23,25-26,28,30H,7-10,14,16,18-20H2,1-6H3/b13-11+,24-12-. The lowest BCUT2D eigenvalue weighted by Crippen LogP contribution is -2.55. The van der Waals surface area contributed by atoms with Crippen LogP contribution in [0.1, 0.15) is 79.2 Å². The van der Waals surface area contributed by atoms with E-state index in [9.17, 15) is 0 Å². The molecule has 0 bridgehead atoms. The van der Waals surface area contributed by atoms with Crippen LogP contribution in [-0.2, 0) is 4.74 Å². The van der Waals surface area contributed by atoms with Gasteiger partial charge in [0.2, 0.25) is 0 Å². The quantitative estimate of drug-likeness (QED) is 0.402. The summed E-state index contributed by atoms with van der Waals surface area (Å²) in [5.41, 5.74) is 4.10. The highest BCUT2D eigenvalue weighted by atomic mass is 16.5. The van der Waals surface area contributed by atoms with Crippen molar-refractivity contribution in [1.29, 1.82) is 0 Å². The van der Waals surface area contributed by atoms with Gasteiger partial charge in [-0.1, -0.05) is 32.1 Å². The summed E-state index contributed by atoms with van der Waals surface area (Å²) in [6, 6.07) is 8.35. The third-order valence-electron chi connectivity index (χ3n) is 8.73. The van der Waals surface area contributed by atoms with Gasteiger partial charge in [0.25, 0.3) is 0 Å². The van der Waals surface area contributed by atoms with Gasteiger partial charge in [-0.25, -0.2) is 0 Å². The van der Waals surface area contributed by atoms with E-state index in [1.807, 2.05) is 0 Å². The van der Waals surface area contributed by atoms with E-state index in [4.69, 9.17) is 9.47 Å². The molecular weight excluding hydrogens is 432 g/mol. The minimum atomic E-state index is 0.469. The van der Waals surface area contributed by atoms with E-state index < -0.39 is 0 Å². The Labute approximate surface area is 214 Å². The molecule has 6 unspecified atom stereocenters. The number of anilines is 1. The Morgan fingerprint density at radius 3 is 2.54 bits per heavy atom. The van der Waals surface area contributed by atoms with Gasteiger partial charge in [0.15, 0.2) is 0 Å². The summed E-state index contributed by atoms with van der Waals surface area (Å²) in [5.74, 6) is 2.49. The topological polar surface area (TPSA) is 24.9 Å². The number of ether oxygens (including phenoxy) is 2. The molecular formula is C31H48N2O2. The molecule has 3 aliphatic rings. The Hall–Kier alpha value is -1.78. The van der Waals surface area contributed by atoms with Gasteiger partial charge in [-0.15, -0.1) is 0 Å². The smallest absolute Gasteiger partial charge is 0.120 e. The first kappa shape index (κ1) is 26.3. The molecule has 35 heavy (non-hydrogen) atoms. The summed E-state index contributed by atoms with van der Waals surface area (Å²) in [7, 11) is 0. The number of hydrogen-bond donors (Lipinski definition) is 0. The molecule has 1 aliphatic carbocycles. The number of hydrogen-bond acceptors (Lipinski definition) is 4. The van der Waals surface area contributed by atoms with Gasteiger partial charge in [-0.2, -0.15) is 0 Å². The van der Waals surface area contributed by atoms with Gasteiger partial charge < -0.3 is 14.4 Å². The van der Waals surface area contributed by atoms with E-state index in [2.05, 4.69) is 87.8 Å². The second-order valence-electron chi connectivity index (χ2n) is 10.8. The van der Waals surface area contributed by atoms with Crippen molar-refractivity contribution >= 4 is 11.3 Å². The molecule has 2 heterocycles. The highest BCUT2D eigenvalue weighted by Gasteiger charge is 2.43. The molecule has 4 rings (SSSR count). The molecule has 0 N–H and O–H groups in total. The molecule has 1 aromatic rings. The van der Waals surface area contributed by atoms with Gasteiger partial charge in [-0.05, 0) is 102 Å². The summed E-state index contributed by atoms with van der Waals surface area (Å²) < 4.78 is 11.9. The molecule has 2 aliphatic heterocycles. The first-order valence-corrected chi connectivity index (χ1v) is 14.3. The molecule has 1 saturated heterocycles. The third kappa shape index (κ3) is 5.64. The molecule has 1 saturated carbocycles. The summed E-state index contributed by atoms with van der Waals surface area (Å²) >= 11 is 0. The maximum atomic E-state index is 6.03. The molecule has 0 radical (unpaired) electrons. The van der Waals surface area contributed by atoms with Crippen LogP contribution in [0.5, 0.6) is 5.75 Å². The second kappa shape index (κ2) is 12.0. The number of nitrogens with zero attached hydrogens (tertiary/aromatic N) is 2. The van der Waals surface area contributed by atoms with Crippen molar-refractivity contribution in [2.24, 2.45) is 11.8 Å². The van der Waals surface area contributed by atoms with Crippen LogP contribution in [0.2, 0.25) is 0 Å². The summed E-state index contributed by atoms with van der Waals surface area (Å²) in [6.07, 6.45) is 13.7. The Bertz CT molecular complexity index is 894. The van der Waals surface area contributed by atoms with Crippen molar-refractivity contribution in [2.75, 3.05) is 31.2 Å². The van der Waals surface area contributed by atoms with E-state index in [1.54, 1.807) is 0 Å². The third-order valence-corrected chi connectivity index (χ3v) is 8.73. The van der Waals surface area contributed by atoms with E-state index >= 15 is 0 Å². The van der Waals surface area contributed by atoms with Crippen LogP contribution in [0.15, 0.2) is 36.4 Å². The Morgan fingerprint density at radius 2 is 1.83 bits per heavy atom. The lowest BCUT2D eigenvalue weighted by Gasteiger charge is -2.52. The highest BCUT2D eigenvalue weighted by molar-refractivity contribution is 5.82. The molecule has 1 aromatic carbocycles. The van der Waals surface area contributed by atoms with Crippen molar-refractivity contribution in [1.82, 2.24) is 4.90 Å². The highest BCUT2D eigenvalue weighted by Crippen LogP contribution is 2.43. The number of benzene rings is 1. The van der Waals surface area contributed by atoms with E-state index in [-0.39, 0.29) is 0 Å². The van der Waals surface area contributed by atoms with Gasteiger partial charge in [0, 0.05) is 42.5 Å². The normalized spacial score (nSPS) is 32.6. The van der Waals surface area contributed by atoms with Crippen LogP contribution in [0.25, 0.3) is 5.57 Å². The van der Waals surface area contributed by atoms with Crippen molar-refractivity contribution in [3.63, 3.8) is 0 Å². The van der Waals surface area contributed by atoms with Gasteiger partial charge in [0.1, 0.15) is 5.75 Å². The molecule has 0 amide bonds. The number of piperidine rings is 1. The van der Waals surface area contributed by atoms with Gasteiger partial charge in [0.05, 0.1) is 12.7 Å². The monoisotopic (exact) mass is 480 g/mol. The SMILES string of the molecule is CCOc1ccc2c(c1)/C(=C\C=C\C1CC(C)C3CC(OCC)CCC3N1CC)CC(C)N2CC. The second-order valence-corrected chi connectivity index (χ2v) is 10.8. The molecule has 2 fully saturated rings. The van der Waals surface area contributed by atoms with Crippen molar-refractivity contribution in [3.8, 4) is 5.75 Å². The fourth-order valence-electron chi connectivity index (χ4n) is 7.15. The lowest BCUT2D eigenvalue weighted by molar-refractivity contribution is -0.0577. The van der Waals surface area contributed by atoms with Crippen LogP contribution in [0.3, 0.4) is 0 Å². The van der Waals surface area contributed by atoms with Crippen molar-refractivity contribution in [3.05, 3.63) is 42.0 Å². The van der Waals surface area contributed by atoms with Gasteiger partial charge in [-0.3, -0.25) is 4.90 Å². The fraction of sp³-hybridized carbons (Fsp3) is 0.677. The van der Waals surface area contributed by atoms with Crippen LogP contribution in [0.4, 0.5) is 5.69 Å². The zero-order chi connectivity index (χ0) is 24.9. The first-order valence-electron chi connectivity index (χ1n) is 14.3. The van der Waals surface area contributed by atoms with Crippen LogP contribution < -0.4 is 9.64 Å². The minimum Gasteiger partial charge on any atom is -0.494 e. The summed E-state index contributed by atoms with van der Waals surface area (Å²) in [6.45, 7) is 17.3. The van der Waals surface area contributed by atoms with Crippen molar-refractivity contribution in [2.45, 2.75) is 97.9 Å². The summed E-state index contributed by atoms with van der Waals surface area (Å²) in [4.78, 5) is 5.30. The van der Waals surface area contributed by atoms with E-state index in [0.29, 0.717) is 30.8 Å². The number of likely N-dealkylation sites (tertiary alicyclic amines) is 1. The Kier molecular flexibility index (Phi) is 8.99. The summed E-state index contributed by atoms with van der Waals surface area (Å²) in [5, 5.41) is 0. The number of likely N-dealkylation sites (N-methyl/N-ethyl adjacent to an activating group) is 1. The fourth-order valence-corrected chi connectivity index (χ4v) is 7.15. The Balaban J connectivity index is 1.54. The molecule has 0 aromatic heterocycles.